The molecule has 1 aliphatic rings. The summed E-state index contributed by atoms with van der Waals surface area (Å²) < 4.78 is 5.30. The second-order valence-electron chi connectivity index (χ2n) is 2.21. The fourth-order valence-electron chi connectivity index (χ4n) is 0.949. The van der Waals surface area contributed by atoms with E-state index in [1.165, 1.54) is 0 Å². The van der Waals surface area contributed by atoms with Gasteiger partial charge in [-0.1, -0.05) is 0 Å². The van der Waals surface area contributed by atoms with Crippen LogP contribution >= 0.6 is 0 Å². The largest absolute Gasteiger partial charge is 0.396 e. The summed E-state index contributed by atoms with van der Waals surface area (Å²) in [6.07, 6.45) is 0.997. The molecule has 54 valence electrons. The van der Waals surface area contributed by atoms with Crippen molar-refractivity contribution in [1.82, 2.24) is 5.32 Å². The molecule has 2 N–H and O–H groups in total. The second kappa shape index (κ2) is 3.82. The van der Waals surface area contributed by atoms with Crippen LogP contribution in [0.4, 0.5) is 0 Å². The van der Waals surface area contributed by atoms with Gasteiger partial charge in [0.05, 0.1) is 12.7 Å². The Labute approximate surface area is 55.0 Å². The van der Waals surface area contributed by atoms with Crippen LogP contribution in [0, 0.1) is 0 Å². The predicted molar refractivity (Wildman–Crippen MR) is 34.3 cm³/mol. The van der Waals surface area contributed by atoms with Crippen LogP contribution in [-0.4, -0.2) is 37.5 Å². The van der Waals surface area contributed by atoms with Crippen molar-refractivity contribution in [2.24, 2.45) is 0 Å². The third-order valence-corrected chi connectivity index (χ3v) is 1.46. The molecule has 1 atom stereocenters. The van der Waals surface area contributed by atoms with Gasteiger partial charge in [-0.25, -0.2) is 0 Å². The molecule has 0 amide bonds. The van der Waals surface area contributed by atoms with Crippen molar-refractivity contribution >= 4 is 0 Å². The Morgan fingerprint density at radius 3 is 3.11 bits per heavy atom. The molecule has 0 aliphatic carbocycles. The van der Waals surface area contributed by atoms with Crippen molar-refractivity contribution in [3.8, 4) is 0 Å². The van der Waals surface area contributed by atoms with Crippen molar-refractivity contribution in [2.75, 3.05) is 26.3 Å². The van der Waals surface area contributed by atoms with Gasteiger partial charge < -0.3 is 15.2 Å². The van der Waals surface area contributed by atoms with Crippen LogP contribution in [0.25, 0.3) is 0 Å². The van der Waals surface area contributed by atoms with Crippen LogP contribution in [0.3, 0.4) is 0 Å². The standard InChI is InChI=1S/C6H13NO2/c8-3-1-6-5-7-2-4-9-6/h6-8H,1-5H2. The van der Waals surface area contributed by atoms with Crippen LogP contribution in [0.15, 0.2) is 0 Å². The molecular formula is C6H13NO2. The monoisotopic (exact) mass is 131 g/mol. The van der Waals surface area contributed by atoms with Crippen LogP contribution in [0.5, 0.6) is 0 Å². The summed E-state index contributed by atoms with van der Waals surface area (Å²) in [5.41, 5.74) is 0. The van der Waals surface area contributed by atoms with E-state index in [4.69, 9.17) is 9.84 Å². The molecule has 3 heteroatoms. The zero-order valence-corrected chi connectivity index (χ0v) is 5.47. The highest BCUT2D eigenvalue weighted by molar-refractivity contribution is 4.65. The highest BCUT2D eigenvalue weighted by Crippen LogP contribution is 1.98. The number of nitrogens with one attached hydrogen (secondary N) is 1. The van der Waals surface area contributed by atoms with Gasteiger partial charge in [0.1, 0.15) is 0 Å². The van der Waals surface area contributed by atoms with Crippen molar-refractivity contribution in [3.63, 3.8) is 0 Å². The number of hydrogen-bond acceptors (Lipinski definition) is 3. The number of aliphatic hydroxyl groups is 1. The minimum atomic E-state index is 0.229. The number of morpholine rings is 1. The smallest absolute Gasteiger partial charge is 0.0721 e. The molecule has 0 bridgehead atoms. The van der Waals surface area contributed by atoms with E-state index in [-0.39, 0.29) is 12.7 Å². The molecule has 1 heterocycles. The average molecular weight is 131 g/mol. The summed E-state index contributed by atoms with van der Waals surface area (Å²) in [6, 6.07) is 0. The highest BCUT2D eigenvalue weighted by Gasteiger charge is 2.11. The van der Waals surface area contributed by atoms with Crippen molar-refractivity contribution in [3.05, 3.63) is 0 Å². The summed E-state index contributed by atoms with van der Waals surface area (Å²) in [6.45, 7) is 2.85. The Balaban J connectivity index is 2.08. The molecule has 1 aliphatic heterocycles. The summed E-state index contributed by atoms with van der Waals surface area (Å²) in [5, 5.41) is 11.7. The number of aliphatic hydroxyl groups excluding tert-OH is 1. The first-order valence-electron chi connectivity index (χ1n) is 3.36. The van der Waals surface area contributed by atoms with Gasteiger partial charge in [0.15, 0.2) is 0 Å². The lowest BCUT2D eigenvalue weighted by Crippen LogP contribution is -2.38. The number of ether oxygens (including phenoxy) is 1. The molecule has 1 rings (SSSR count). The van der Waals surface area contributed by atoms with Gasteiger partial charge in [-0.3, -0.25) is 0 Å². The zero-order valence-electron chi connectivity index (χ0n) is 5.47. The van der Waals surface area contributed by atoms with Crippen LogP contribution in [-0.2, 0) is 4.74 Å². The molecule has 1 saturated heterocycles. The lowest BCUT2D eigenvalue weighted by molar-refractivity contribution is 0.0139. The van der Waals surface area contributed by atoms with E-state index in [0.29, 0.717) is 0 Å². The normalized spacial score (nSPS) is 28.3. The molecule has 9 heavy (non-hydrogen) atoms. The molecule has 3 nitrogen and oxygen atoms in total. The van der Waals surface area contributed by atoms with Crippen LogP contribution in [0.1, 0.15) is 6.42 Å². The third-order valence-electron chi connectivity index (χ3n) is 1.46. The second-order valence-corrected chi connectivity index (χ2v) is 2.21. The Morgan fingerprint density at radius 2 is 2.56 bits per heavy atom. The SMILES string of the molecule is OCCC1CNCCO1. The molecule has 0 saturated carbocycles. The molecule has 0 aromatic carbocycles. The first-order chi connectivity index (χ1) is 4.43. The van der Waals surface area contributed by atoms with E-state index >= 15 is 0 Å². The fraction of sp³-hybridized carbons (Fsp3) is 1.00. The van der Waals surface area contributed by atoms with Gasteiger partial charge >= 0.3 is 0 Å². The molecule has 0 spiro atoms. The van der Waals surface area contributed by atoms with E-state index in [0.717, 1.165) is 26.1 Å². The molecule has 1 fully saturated rings. The van der Waals surface area contributed by atoms with Crippen LogP contribution < -0.4 is 5.32 Å². The third kappa shape index (κ3) is 2.30. The predicted octanol–water partition coefficient (Wildman–Crippen LogP) is -0.643. The zero-order chi connectivity index (χ0) is 6.53. The van der Waals surface area contributed by atoms with Gasteiger partial charge in [-0.2, -0.15) is 0 Å². The number of hydrogen-bond donors (Lipinski definition) is 2. The molecule has 0 aromatic rings. The van der Waals surface area contributed by atoms with Crippen molar-refractivity contribution in [1.29, 1.82) is 0 Å². The molecule has 1 unspecified atom stereocenters. The Kier molecular flexibility index (Phi) is 2.97. The highest BCUT2D eigenvalue weighted by atomic mass is 16.5. The van der Waals surface area contributed by atoms with Gasteiger partial charge in [-0.15, -0.1) is 0 Å². The van der Waals surface area contributed by atoms with Gasteiger partial charge in [-0.05, 0) is 6.42 Å². The van der Waals surface area contributed by atoms with E-state index in [9.17, 15) is 0 Å². The maximum atomic E-state index is 8.51. The van der Waals surface area contributed by atoms with Gasteiger partial charge in [0, 0.05) is 19.7 Å². The number of rotatable bonds is 2. The van der Waals surface area contributed by atoms with Crippen molar-refractivity contribution < 1.29 is 9.84 Å². The first kappa shape index (κ1) is 6.99. The molecular weight excluding hydrogens is 118 g/mol. The van der Waals surface area contributed by atoms with E-state index < -0.39 is 0 Å². The summed E-state index contributed by atoms with van der Waals surface area (Å²) in [5.74, 6) is 0. The lowest BCUT2D eigenvalue weighted by Gasteiger charge is -2.22. The summed E-state index contributed by atoms with van der Waals surface area (Å²) in [4.78, 5) is 0. The minimum Gasteiger partial charge on any atom is -0.396 e. The van der Waals surface area contributed by atoms with Gasteiger partial charge in [0.25, 0.3) is 0 Å². The van der Waals surface area contributed by atoms with Crippen LogP contribution in [0.2, 0.25) is 0 Å². The maximum absolute atomic E-state index is 8.51. The minimum absolute atomic E-state index is 0.229. The van der Waals surface area contributed by atoms with E-state index in [1.807, 2.05) is 0 Å². The first-order valence-corrected chi connectivity index (χ1v) is 3.36. The Morgan fingerprint density at radius 1 is 1.67 bits per heavy atom. The van der Waals surface area contributed by atoms with E-state index in [2.05, 4.69) is 5.32 Å². The lowest BCUT2D eigenvalue weighted by atomic mass is 10.2. The topological polar surface area (TPSA) is 41.5 Å². The fourth-order valence-corrected chi connectivity index (χ4v) is 0.949. The van der Waals surface area contributed by atoms with Crippen molar-refractivity contribution in [2.45, 2.75) is 12.5 Å². The maximum Gasteiger partial charge on any atom is 0.0721 e. The van der Waals surface area contributed by atoms with E-state index in [1.54, 1.807) is 0 Å². The average Bonchev–Trinajstić information content (AvgIpc) is 1.91. The quantitative estimate of drug-likeness (QED) is 0.523. The molecule has 0 radical (unpaired) electrons. The Bertz CT molecular complexity index is 68.7. The van der Waals surface area contributed by atoms with Gasteiger partial charge in [0.2, 0.25) is 0 Å². The Hall–Kier alpha value is -0.120. The summed E-state index contributed by atoms with van der Waals surface area (Å²) >= 11 is 0. The summed E-state index contributed by atoms with van der Waals surface area (Å²) in [7, 11) is 0. The molecule has 0 aromatic heterocycles.